The maximum atomic E-state index is 13.4. The number of ether oxygens (including phenoxy) is 1. The molecule has 4 aliphatic rings. The van der Waals surface area contributed by atoms with Crippen LogP contribution in [0.25, 0.3) is 0 Å². The van der Waals surface area contributed by atoms with E-state index in [2.05, 4.69) is 41.0 Å². The van der Waals surface area contributed by atoms with Crippen LogP contribution in [0.4, 0.5) is 34.5 Å². The summed E-state index contributed by atoms with van der Waals surface area (Å²) in [5, 5.41) is 11.5. The molecule has 4 aliphatic heterocycles. The zero-order valence-corrected chi connectivity index (χ0v) is 37.0. The van der Waals surface area contributed by atoms with E-state index in [4.69, 9.17) is 16.3 Å². The number of nitrogens with zero attached hydrogens (tertiary/aromatic N) is 6. The number of fused-ring (bicyclic) bond motifs is 1. The summed E-state index contributed by atoms with van der Waals surface area (Å²) in [6.07, 6.45) is 3.87. The van der Waals surface area contributed by atoms with E-state index in [0.717, 1.165) is 50.3 Å². The summed E-state index contributed by atoms with van der Waals surface area (Å²) in [4.78, 5) is 68.0. The number of hydrogen-bond donors (Lipinski definition) is 4. The number of sulfone groups is 1. The van der Waals surface area contributed by atoms with Crippen molar-refractivity contribution in [3.05, 3.63) is 83.0 Å². The van der Waals surface area contributed by atoms with Crippen molar-refractivity contribution >= 4 is 79.6 Å². The number of imide groups is 1. The molecule has 8 rings (SSSR count). The van der Waals surface area contributed by atoms with E-state index < -0.39 is 27.0 Å². The fraction of sp³-hybridized carbons (Fsp3) is 0.409. The second-order valence-corrected chi connectivity index (χ2v) is 19.2. The summed E-state index contributed by atoms with van der Waals surface area (Å²) in [6.45, 7) is 8.14. The lowest BCUT2D eigenvalue weighted by Gasteiger charge is -2.43. The molecule has 1 unspecified atom stereocenters. The summed E-state index contributed by atoms with van der Waals surface area (Å²) >= 11 is 6.46. The molecule has 63 heavy (non-hydrogen) atoms. The molecular weight excluding hydrogens is 848 g/mol. The van der Waals surface area contributed by atoms with E-state index in [9.17, 15) is 27.6 Å². The Morgan fingerprint density at radius 3 is 2.40 bits per heavy atom. The van der Waals surface area contributed by atoms with Gasteiger partial charge < -0.3 is 35.4 Å². The van der Waals surface area contributed by atoms with Crippen LogP contribution in [0.3, 0.4) is 0 Å². The van der Waals surface area contributed by atoms with Gasteiger partial charge in [0.1, 0.15) is 16.8 Å². The standard InChI is InChI=1S/C44H51ClN10O7S/c1-27(2)63(60,61)38-10-5-4-8-35(38)48-41-32(45)24-47-44(51-41)49-34-12-11-29(23-37(34)62-3)52-17-15-28(16-18-52)53-19-21-54(22-20-53)40(57)25-46-33-9-6-7-30-31(33)26-55(43(30)59)36-13-14-39(56)50-42(36)58/h4-12,23-24,27-28,36,46H,13-22,25-26H2,1-3H3,(H,50,56,58)(H2,47,48,49,51). The summed E-state index contributed by atoms with van der Waals surface area (Å²) < 4.78 is 31.8. The first-order valence-electron chi connectivity index (χ1n) is 21.2. The van der Waals surface area contributed by atoms with Crippen molar-refractivity contribution in [3.63, 3.8) is 0 Å². The molecule has 3 saturated heterocycles. The minimum absolute atomic E-state index is 0.0134. The molecule has 4 N–H and O–H groups in total. The topological polar surface area (TPSA) is 199 Å². The molecule has 1 aromatic heterocycles. The molecule has 19 heteroatoms. The highest BCUT2D eigenvalue weighted by Crippen LogP contribution is 2.36. The SMILES string of the molecule is COc1cc(N2CCC(N3CCN(C(=O)CNc4cccc5c4CN(C4CCC(=O)NC4=O)C5=O)CC3)CC2)ccc1Nc1ncc(Cl)c(Nc2ccccc2S(=O)(=O)C(C)C)n1. The van der Waals surface area contributed by atoms with E-state index in [1.54, 1.807) is 57.4 Å². The number of methoxy groups -OCH3 is 1. The lowest BCUT2D eigenvalue weighted by atomic mass is 10.0. The fourth-order valence-corrected chi connectivity index (χ4v) is 10.0. The Bertz CT molecular complexity index is 2530. The number of carbonyl (C=O) groups excluding carboxylic acids is 4. The van der Waals surface area contributed by atoms with Crippen LogP contribution in [0.2, 0.25) is 5.02 Å². The van der Waals surface area contributed by atoms with Crippen LogP contribution in [0.5, 0.6) is 5.75 Å². The Hall–Kier alpha value is -5.98. The third kappa shape index (κ3) is 9.24. The molecule has 17 nitrogen and oxygen atoms in total. The molecule has 3 aromatic carbocycles. The van der Waals surface area contributed by atoms with Gasteiger partial charge in [-0.05, 0) is 69.5 Å². The number of carbonyl (C=O) groups is 4. The summed E-state index contributed by atoms with van der Waals surface area (Å²) in [5.41, 5.74) is 3.98. The van der Waals surface area contributed by atoms with Crippen molar-refractivity contribution in [2.75, 3.05) is 73.8 Å². The van der Waals surface area contributed by atoms with Gasteiger partial charge in [0.05, 0.1) is 41.4 Å². The van der Waals surface area contributed by atoms with Crippen LogP contribution in [0.15, 0.2) is 71.8 Å². The van der Waals surface area contributed by atoms with Gasteiger partial charge in [-0.1, -0.05) is 29.8 Å². The summed E-state index contributed by atoms with van der Waals surface area (Å²) in [6, 6.07) is 17.6. The number of anilines is 6. The quantitative estimate of drug-likeness (QED) is 0.134. The average molecular weight is 899 g/mol. The van der Waals surface area contributed by atoms with E-state index >= 15 is 0 Å². The Kier molecular flexibility index (Phi) is 12.7. The van der Waals surface area contributed by atoms with E-state index in [1.165, 1.54) is 11.1 Å². The predicted octanol–water partition coefficient (Wildman–Crippen LogP) is 4.79. The zero-order valence-electron chi connectivity index (χ0n) is 35.4. The van der Waals surface area contributed by atoms with Gasteiger partial charge in [0.25, 0.3) is 5.91 Å². The van der Waals surface area contributed by atoms with Crippen LogP contribution in [0.1, 0.15) is 55.5 Å². The monoisotopic (exact) mass is 898 g/mol. The molecule has 4 aromatic rings. The van der Waals surface area contributed by atoms with E-state index in [1.807, 2.05) is 29.2 Å². The largest absolute Gasteiger partial charge is 0.494 e. The first kappa shape index (κ1) is 43.7. The number of aromatic nitrogens is 2. The summed E-state index contributed by atoms with van der Waals surface area (Å²) in [7, 11) is -1.97. The van der Waals surface area contributed by atoms with Crippen molar-refractivity contribution in [2.24, 2.45) is 0 Å². The van der Waals surface area contributed by atoms with Crippen LogP contribution in [0, 0.1) is 0 Å². The number of piperidine rings is 2. The Morgan fingerprint density at radius 2 is 1.67 bits per heavy atom. The van der Waals surface area contributed by atoms with Crippen LogP contribution < -0.4 is 30.9 Å². The number of rotatable bonds is 13. The van der Waals surface area contributed by atoms with Crippen molar-refractivity contribution < 1.29 is 32.3 Å². The second-order valence-electron chi connectivity index (χ2n) is 16.3. The molecule has 5 heterocycles. The molecule has 1 atom stereocenters. The Labute approximate surface area is 371 Å². The minimum atomic E-state index is -3.58. The normalized spacial score (nSPS) is 18.7. The fourth-order valence-electron chi connectivity index (χ4n) is 8.67. The minimum Gasteiger partial charge on any atom is -0.494 e. The van der Waals surface area contributed by atoms with Gasteiger partial charge in [0.2, 0.25) is 23.7 Å². The van der Waals surface area contributed by atoms with Gasteiger partial charge >= 0.3 is 0 Å². The van der Waals surface area contributed by atoms with Gasteiger partial charge in [0, 0.05) is 86.8 Å². The molecule has 0 radical (unpaired) electrons. The van der Waals surface area contributed by atoms with Crippen molar-refractivity contribution in [3.8, 4) is 5.75 Å². The number of nitrogens with one attached hydrogen (secondary N) is 4. The van der Waals surface area contributed by atoms with Gasteiger partial charge in [0.15, 0.2) is 15.7 Å². The van der Waals surface area contributed by atoms with Gasteiger partial charge in [-0.3, -0.25) is 29.4 Å². The van der Waals surface area contributed by atoms with Crippen molar-refractivity contribution in [2.45, 2.75) is 68.3 Å². The third-order valence-corrected chi connectivity index (χ3v) is 14.8. The lowest BCUT2D eigenvalue weighted by molar-refractivity contribution is -0.137. The lowest BCUT2D eigenvalue weighted by Crippen LogP contribution is -2.55. The Morgan fingerprint density at radius 1 is 0.921 bits per heavy atom. The smallest absolute Gasteiger partial charge is 0.255 e. The number of para-hydroxylation sites is 1. The third-order valence-electron chi connectivity index (χ3n) is 12.3. The predicted molar refractivity (Wildman–Crippen MR) is 240 cm³/mol. The highest BCUT2D eigenvalue weighted by atomic mass is 35.5. The molecule has 0 spiro atoms. The summed E-state index contributed by atoms with van der Waals surface area (Å²) in [5.74, 6) is 0.0463. The first-order chi connectivity index (χ1) is 30.3. The Balaban J connectivity index is 0.817. The molecule has 4 amide bonds. The maximum Gasteiger partial charge on any atom is 0.255 e. The number of hydrogen-bond acceptors (Lipinski definition) is 14. The van der Waals surface area contributed by atoms with E-state index in [-0.39, 0.29) is 58.9 Å². The zero-order chi connectivity index (χ0) is 44.4. The van der Waals surface area contributed by atoms with Gasteiger partial charge in [-0.2, -0.15) is 4.98 Å². The van der Waals surface area contributed by atoms with Crippen LogP contribution in [-0.2, 0) is 30.8 Å². The maximum absolute atomic E-state index is 13.4. The van der Waals surface area contributed by atoms with Crippen molar-refractivity contribution in [1.82, 2.24) is 30.0 Å². The number of benzene rings is 3. The highest BCUT2D eigenvalue weighted by Gasteiger charge is 2.40. The molecule has 0 bridgehead atoms. The molecule has 332 valence electrons. The molecule has 0 saturated carbocycles. The van der Waals surface area contributed by atoms with Gasteiger partial charge in [-0.25, -0.2) is 13.4 Å². The average Bonchev–Trinajstić information content (AvgIpc) is 3.62. The van der Waals surface area contributed by atoms with Crippen LogP contribution in [-0.4, -0.2) is 127 Å². The number of halogens is 1. The van der Waals surface area contributed by atoms with E-state index in [0.29, 0.717) is 53.9 Å². The molecular formula is C44H51ClN10O7S. The highest BCUT2D eigenvalue weighted by molar-refractivity contribution is 7.92. The second kappa shape index (κ2) is 18.4. The molecule has 3 fully saturated rings. The molecule has 0 aliphatic carbocycles. The van der Waals surface area contributed by atoms with Crippen molar-refractivity contribution in [1.29, 1.82) is 0 Å². The van der Waals surface area contributed by atoms with Crippen LogP contribution >= 0.6 is 11.6 Å². The first-order valence-corrected chi connectivity index (χ1v) is 23.1. The van der Waals surface area contributed by atoms with Gasteiger partial charge in [-0.15, -0.1) is 0 Å². The number of piperazine rings is 1. The number of amides is 4.